The van der Waals surface area contributed by atoms with Crippen molar-refractivity contribution in [1.29, 1.82) is 0 Å². The maximum Gasteiger partial charge on any atom is 0.229 e. The van der Waals surface area contributed by atoms with Gasteiger partial charge in [-0.15, -0.1) is 10.2 Å². The van der Waals surface area contributed by atoms with Crippen LogP contribution in [0.1, 0.15) is 12.7 Å². The monoisotopic (exact) mass is 303 g/mol. The third-order valence-electron chi connectivity index (χ3n) is 2.16. The van der Waals surface area contributed by atoms with Gasteiger partial charge in [-0.2, -0.15) is 0 Å². The fourth-order valence-electron chi connectivity index (χ4n) is 1.42. The predicted molar refractivity (Wildman–Crippen MR) is 63.4 cm³/mol. The van der Waals surface area contributed by atoms with Crippen molar-refractivity contribution < 1.29 is 4.39 Å². The van der Waals surface area contributed by atoms with Gasteiger partial charge in [0.05, 0.1) is 5.69 Å². The van der Waals surface area contributed by atoms with Crippen molar-refractivity contribution >= 4 is 27.5 Å². The highest BCUT2D eigenvalue weighted by molar-refractivity contribution is 9.10. The molecule has 3 nitrogen and oxygen atoms in total. The number of nitrogens with zero attached hydrogens (tertiary/aromatic N) is 3. The smallest absolute Gasteiger partial charge is 0.229 e. The molecule has 0 bridgehead atoms. The van der Waals surface area contributed by atoms with Gasteiger partial charge in [-0.25, -0.2) is 4.39 Å². The summed E-state index contributed by atoms with van der Waals surface area (Å²) in [6, 6.07) is 4.76. The Labute approximate surface area is 105 Å². The second-order valence-electron chi connectivity index (χ2n) is 3.17. The molecular formula is C10H8BrClFN3. The summed E-state index contributed by atoms with van der Waals surface area (Å²) in [6.07, 6.45) is 0.634. The summed E-state index contributed by atoms with van der Waals surface area (Å²) in [4.78, 5) is 0. The lowest BCUT2D eigenvalue weighted by Crippen LogP contribution is -2.02. The first kappa shape index (κ1) is 11.5. The third-order valence-corrected chi connectivity index (χ3v) is 2.90. The quantitative estimate of drug-likeness (QED) is 0.851. The molecule has 6 heteroatoms. The lowest BCUT2D eigenvalue weighted by molar-refractivity contribution is 0.614. The summed E-state index contributed by atoms with van der Waals surface area (Å²) in [5, 5.41) is 7.77. The van der Waals surface area contributed by atoms with Crippen molar-refractivity contribution in [3.8, 4) is 5.69 Å². The van der Waals surface area contributed by atoms with Crippen molar-refractivity contribution in [3.05, 3.63) is 39.6 Å². The summed E-state index contributed by atoms with van der Waals surface area (Å²) >= 11 is 9.08. The Morgan fingerprint density at radius 1 is 1.44 bits per heavy atom. The van der Waals surface area contributed by atoms with Gasteiger partial charge in [0, 0.05) is 10.9 Å². The average molecular weight is 305 g/mol. The average Bonchev–Trinajstić information content (AvgIpc) is 2.60. The Morgan fingerprint density at radius 2 is 2.19 bits per heavy atom. The Kier molecular flexibility index (Phi) is 3.25. The zero-order chi connectivity index (χ0) is 11.7. The van der Waals surface area contributed by atoms with Crippen molar-refractivity contribution in [2.24, 2.45) is 0 Å². The number of hydrogen-bond acceptors (Lipinski definition) is 2. The van der Waals surface area contributed by atoms with E-state index in [1.165, 1.54) is 10.6 Å². The van der Waals surface area contributed by atoms with Gasteiger partial charge >= 0.3 is 0 Å². The normalized spacial score (nSPS) is 10.8. The molecule has 84 valence electrons. The molecule has 0 atom stereocenters. The van der Waals surface area contributed by atoms with Crippen LogP contribution in [0, 0.1) is 5.82 Å². The minimum atomic E-state index is -0.370. The largest absolute Gasteiger partial charge is 0.267 e. The van der Waals surface area contributed by atoms with E-state index < -0.39 is 0 Å². The van der Waals surface area contributed by atoms with Crippen LogP contribution in [0.25, 0.3) is 5.69 Å². The molecule has 0 aliphatic rings. The summed E-state index contributed by atoms with van der Waals surface area (Å²) in [7, 11) is 0. The lowest BCUT2D eigenvalue weighted by atomic mass is 10.3. The van der Waals surface area contributed by atoms with Gasteiger partial charge < -0.3 is 0 Å². The van der Waals surface area contributed by atoms with E-state index in [1.807, 2.05) is 6.92 Å². The molecule has 16 heavy (non-hydrogen) atoms. The van der Waals surface area contributed by atoms with Gasteiger partial charge in [-0.3, -0.25) is 4.57 Å². The molecule has 1 aromatic heterocycles. The number of halogens is 3. The fourth-order valence-corrected chi connectivity index (χ4v) is 1.98. The topological polar surface area (TPSA) is 30.7 Å². The van der Waals surface area contributed by atoms with Crippen LogP contribution >= 0.6 is 27.5 Å². The Balaban J connectivity index is 2.62. The first-order valence-electron chi connectivity index (χ1n) is 4.68. The van der Waals surface area contributed by atoms with Crippen LogP contribution in [-0.2, 0) is 6.42 Å². The summed E-state index contributed by atoms with van der Waals surface area (Å²) < 4.78 is 15.9. The predicted octanol–water partition coefficient (Wildman–Crippen LogP) is 3.38. The summed E-state index contributed by atoms with van der Waals surface area (Å²) in [6.45, 7) is 1.91. The molecule has 0 radical (unpaired) electrons. The van der Waals surface area contributed by atoms with Crippen LogP contribution in [0.5, 0.6) is 0 Å². The summed E-state index contributed by atoms with van der Waals surface area (Å²) in [5.41, 5.74) is 0.357. The molecule has 0 unspecified atom stereocenters. The van der Waals surface area contributed by atoms with Gasteiger partial charge in [0.2, 0.25) is 5.28 Å². The standard InChI is InChI=1S/C10H8BrClFN3/c1-2-9-14-15-10(12)16(9)8-4-3-6(11)5-7(8)13/h3-5H,2H2,1H3. The van der Waals surface area contributed by atoms with Gasteiger partial charge in [0.15, 0.2) is 0 Å². The second kappa shape index (κ2) is 4.51. The molecule has 0 aliphatic carbocycles. The van der Waals surface area contributed by atoms with Crippen molar-refractivity contribution in [2.75, 3.05) is 0 Å². The van der Waals surface area contributed by atoms with Gasteiger partial charge in [0.1, 0.15) is 11.6 Å². The number of rotatable bonds is 2. The first-order valence-corrected chi connectivity index (χ1v) is 5.85. The molecule has 0 N–H and O–H groups in total. The van der Waals surface area contributed by atoms with Crippen LogP contribution in [0.15, 0.2) is 22.7 Å². The summed E-state index contributed by atoms with van der Waals surface area (Å²) in [5.74, 6) is 0.261. The molecule has 2 aromatic rings. The molecule has 2 rings (SSSR count). The van der Waals surface area contributed by atoms with E-state index in [0.29, 0.717) is 22.4 Å². The number of aromatic nitrogens is 3. The minimum absolute atomic E-state index is 0.165. The zero-order valence-corrected chi connectivity index (χ0v) is 10.8. The molecular weight excluding hydrogens is 296 g/mol. The maximum atomic E-state index is 13.7. The van der Waals surface area contributed by atoms with E-state index >= 15 is 0 Å². The van der Waals surface area contributed by atoms with Gasteiger partial charge in [-0.05, 0) is 29.8 Å². The lowest BCUT2D eigenvalue weighted by Gasteiger charge is -2.07. The third kappa shape index (κ3) is 1.97. The van der Waals surface area contributed by atoms with Gasteiger partial charge in [0.25, 0.3) is 0 Å². The molecule has 0 aliphatic heterocycles. The Morgan fingerprint density at radius 3 is 2.81 bits per heavy atom. The van der Waals surface area contributed by atoms with Crippen LogP contribution in [0.4, 0.5) is 4.39 Å². The zero-order valence-electron chi connectivity index (χ0n) is 8.41. The van der Waals surface area contributed by atoms with E-state index in [9.17, 15) is 4.39 Å². The van der Waals surface area contributed by atoms with Crippen molar-refractivity contribution in [1.82, 2.24) is 14.8 Å². The van der Waals surface area contributed by atoms with Crippen molar-refractivity contribution in [2.45, 2.75) is 13.3 Å². The number of hydrogen-bond donors (Lipinski definition) is 0. The van der Waals surface area contributed by atoms with E-state index in [2.05, 4.69) is 26.1 Å². The van der Waals surface area contributed by atoms with Gasteiger partial charge in [-0.1, -0.05) is 22.9 Å². The molecule has 1 heterocycles. The Bertz CT molecular complexity index is 527. The highest BCUT2D eigenvalue weighted by Gasteiger charge is 2.14. The van der Waals surface area contributed by atoms with Crippen molar-refractivity contribution in [3.63, 3.8) is 0 Å². The fraction of sp³-hybridized carbons (Fsp3) is 0.200. The highest BCUT2D eigenvalue weighted by Crippen LogP contribution is 2.23. The SMILES string of the molecule is CCc1nnc(Cl)n1-c1ccc(Br)cc1F. The Hall–Kier alpha value is -0.940. The number of benzene rings is 1. The second-order valence-corrected chi connectivity index (χ2v) is 4.42. The first-order chi connectivity index (χ1) is 7.63. The molecule has 0 saturated heterocycles. The van der Waals surface area contributed by atoms with E-state index in [0.717, 1.165) is 0 Å². The van der Waals surface area contributed by atoms with E-state index in [4.69, 9.17) is 11.6 Å². The van der Waals surface area contributed by atoms with E-state index in [1.54, 1.807) is 12.1 Å². The highest BCUT2D eigenvalue weighted by atomic mass is 79.9. The van der Waals surface area contributed by atoms with Crippen LogP contribution < -0.4 is 0 Å². The molecule has 0 fully saturated rings. The minimum Gasteiger partial charge on any atom is -0.267 e. The van der Waals surface area contributed by atoms with Crippen LogP contribution in [-0.4, -0.2) is 14.8 Å². The number of aryl methyl sites for hydroxylation is 1. The molecule has 1 aromatic carbocycles. The van der Waals surface area contributed by atoms with Crippen LogP contribution in [0.3, 0.4) is 0 Å². The van der Waals surface area contributed by atoms with E-state index in [-0.39, 0.29) is 11.1 Å². The molecule has 0 saturated carbocycles. The molecule has 0 spiro atoms. The maximum absolute atomic E-state index is 13.7. The van der Waals surface area contributed by atoms with Crippen LogP contribution in [0.2, 0.25) is 5.28 Å². The molecule has 0 amide bonds.